The molecule has 0 amide bonds. The van der Waals surface area contributed by atoms with Crippen LogP contribution in [0.3, 0.4) is 0 Å². The Morgan fingerprint density at radius 3 is 1.61 bits per heavy atom. The van der Waals surface area contributed by atoms with E-state index in [-0.39, 0.29) is 12.8 Å². The van der Waals surface area contributed by atoms with Crippen LogP contribution in [0.25, 0.3) is 0 Å². The molecular weight excluding hydrogens is 448 g/mol. The highest BCUT2D eigenvalue weighted by atomic mass is 19.1. The van der Waals surface area contributed by atoms with E-state index in [1.807, 2.05) is 0 Å². The maximum Gasteiger partial charge on any atom is 0.129 e. The van der Waals surface area contributed by atoms with Gasteiger partial charge in [-0.3, -0.25) is 0 Å². The molecule has 0 saturated carbocycles. The van der Waals surface area contributed by atoms with Crippen molar-refractivity contribution in [2.45, 2.75) is 62.1 Å². The van der Waals surface area contributed by atoms with E-state index < -0.39 is 83.4 Å². The molecule has 2 aromatic rings. The van der Waals surface area contributed by atoms with Crippen LogP contribution in [0.15, 0.2) is 36.4 Å². The minimum absolute atomic E-state index is 0.131. The van der Waals surface area contributed by atoms with E-state index >= 15 is 0 Å². The first kappa shape index (κ1) is 27.2. The van der Waals surface area contributed by atoms with Gasteiger partial charge in [-0.1, -0.05) is 25.5 Å². The Morgan fingerprint density at radius 2 is 1.21 bits per heavy atom. The van der Waals surface area contributed by atoms with Crippen molar-refractivity contribution >= 4 is 0 Å². The molecule has 6 nitrogen and oxygen atoms in total. The molecule has 0 spiro atoms. The first-order valence-corrected chi connectivity index (χ1v) is 10.4. The summed E-state index contributed by atoms with van der Waals surface area (Å²) in [5, 5.41) is 63.3. The predicted octanol–water partition coefficient (Wildman–Crippen LogP) is 1.37. The van der Waals surface area contributed by atoms with E-state index in [0.29, 0.717) is 0 Å². The van der Waals surface area contributed by atoms with Gasteiger partial charge >= 0.3 is 0 Å². The average molecular weight is 476 g/mol. The highest BCUT2D eigenvalue weighted by molar-refractivity contribution is 5.26. The molecule has 0 saturated heterocycles. The molecule has 0 radical (unpaired) electrons. The molecule has 2 rings (SSSR count). The first-order valence-electron chi connectivity index (χ1n) is 10.4. The molecule has 0 heterocycles. The van der Waals surface area contributed by atoms with Crippen LogP contribution in [0, 0.1) is 23.3 Å². The van der Waals surface area contributed by atoms with Crippen molar-refractivity contribution in [3.63, 3.8) is 0 Å². The Labute approximate surface area is 188 Å². The minimum Gasteiger partial charge on any atom is -0.394 e. The third kappa shape index (κ3) is 5.71. The number of aliphatic hydroxyl groups excluding tert-OH is 4. The standard InChI is InChI=1S/C23H28F4O6/c1-2-9-22(32,10-13-15(24)5-3-6-16(13)25)21(31)23(33,20(30)19(29)12-28)11-14-17(26)7-4-8-18(14)27/h3-8,19-21,28-33H,2,9-12H2,1H3/t19-,20+,21+,22?,23+/m0/s1. The molecule has 0 fully saturated rings. The molecule has 0 aliphatic carbocycles. The van der Waals surface area contributed by atoms with Crippen LogP contribution >= 0.6 is 0 Å². The molecule has 184 valence electrons. The summed E-state index contributed by atoms with van der Waals surface area (Å²) in [6.07, 6.45) is -9.21. The maximum absolute atomic E-state index is 14.3. The highest BCUT2D eigenvalue weighted by Gasteiger charge is 2.54. The van der Waals surface area contributed by atoms with Crippen molar-refractivity contribution in [1.82, 2.24) is 0 Å². The van der Waals surface area contributed by atoms with E-state index in [1.165, 1.54) is 0 Å². The van der Waals surface area contributed by atoms with Crippen molar-refractivity contribution < 1.29 is 48.2 Å². The molecule has 0 aromatic heterocycles. The van der Waals surface area contributed by atoms with E-state index in [1.54, 1.807) is 6.92 Å². The van der Waals surface area contributed by atoms with Gasteiger partial charge in [0.2, 0.25) is 0 Å². The molecule has 1 unspecified atom stereocenters. The van der Waals surface area contributed by atoms with Crippen LogP contribution in [0.2, 0.25) is 0 Å². The van der Waals surface area contributed by atoms with Gasteiger partial charge in [0.25, 0.3) is 0 Å². The summed E-state index contributed by atoms with van der Waals surface area (Å²) in [5.74, 6) is -4.39. The molecular formula is C23H28F4O6. The number of hydrogen-bond acceptors (Lipinski definition) is 6. The zero-order valence-electron chi connectivity index (χ0n) is 17.9. The zero-order chi connectivity index (χ0) is 25.0. The monoisotopic (exact) mass is 476 g/mol. The Bertz CT molecular complexity index is 905. The highest BCUT2D eigenvalue weighted by Crippen LogP contribution is 2.36. The summed E-state index contributed by atoms with van der Waals surface area (Å²) in [6, 6.07) is 5.67. The Hall–Kier alpha value is -2.08. The summed E-state index contributed by atoms with van der Waals surface area (Å²) >= 11 is 0. The van der Waals surface area contributed by atoms with Crippen LogP contribution in [-0.4, -0.2) is 66.8 Å². The van der Waals surface area contributed by atoms with Crippen LogP contribution in [0.1, 0.15) is 30.9 Å². The summed E-state index contributed by atoms with van der Waals surface area (Å²) < 4.78 is 57.1. The zero-order valence-corrected chi connectivity index (χ0v) is 17.9. The fraction of sp³-hybridized carbons (Fsp3) is 0.478. The summed E-state index contributed by atoms with van der Waals surface area (Å²) in [7, 11) is 0. The summed E-state index contributed by atoms with van der Waals surface area (Å²) in [4.78, 5) is 0. The lowest BCUT2D eigenvalue weighted by molar-refractivity contribution is -0.230. The molecule has 10 heteroatoms. The van der Waals surface area contributed by atoms with Gasteiger partial charge in [-0.05, 0) is 30.7 Å². The summed E-state index contributed by atoms with van der Waals surface area (Å²) in [6.45, 7) is 0.452. The van der Waals surface area contributed by atoms with Crippen LogP contribution < -0.4 is 0 Å². The van der Waals surface area contributed by atoms with E-state index in [4.69, 9.17) is 0 Å². The van der Waals surface area contributed by atoms with Gasteiger partial charge in [0.1, 0.15) is 47.2 Å². The van der Waals surface area contributed by atoms with E-state index in [0.717, 1.165) is 36.4 Å². The van der Waals surface area contributed by atoms with Crippen LogP contribution in [0.4, 0.5) is 17.6 Å². The van der Waals surface area contributed by atoms with Crippen molar-refractivity contribution in [3.8, 4) is 0 Å². The number of hydrogen-bond donors (Lipinski definition) is 6. The van der Waals surface area contributed by atoms with E-state index in [2.05, 4.69) is 0 Å². The van der Waals surface area contributed by atoms with Crippen molar-refractivity contribution in [2.24, 2.45) is 0 Å². The summed E-state index contributed by atoms with van der Waals surface area (Å²) in [5.41, 5.74) is -6.95. The Kier molecular flexibility index (Phi) is 8.97. The smallest absolute Gasteiger partial charge is 0.129 e. The number of halogens is 4. The fourth-order valence-electron chi connectivity index (χ4n) is 4.01. The number of aliphatic hydroxyl groups is 6. The van der Waals surface area contributed by atoms with Crippen molar-refractivity contribution in [2.75, 3.05) is 6.61 Å². The quantitative estimate of drug-likeness (QED) is 0.273. The fourth-order valence-corrected chi connectivity index (χ4v) is 4.01. The van der Waals surface area contributed by atoms with Gasteiger partial charge in [-0.2, -0.15) is 0 Å². The molecule has 0 aliphatic rings. The van der Waals surface area contributed by atoms with Crippen molar-refractivity contribution in [3.05, 3.63) is 70.8 Å². The average Bonchev–Trinajstić information content (AvgIpc) is 2.77. The van der Waals surface area contributed by atoms with Crippen LogP contribution in [-0.2, 0) is 12.8 Å². The first-order chi connectivity index (χ1) is 15.4. The van der Waals surface area contributed by atoms with Gasteiger partial charge in [0.05, 0.1) is 12.2 Å². The molecule has 0 aliphatic heterocycles. The lowest BCUT2D eigenvalue weighted by atomic mass is 9.71. The Morgan fingerprint density at radius 1 is 0.788 bits per heavy atom. The second kappa shape index (κ2) is 10.9. The number of benzene rings is 2. The maximum atomic E-state index is 14.3. The second-order valence-corrected chi connectivity index (χ2v) is 8.20. The lowest BCUT2D eigenvalue weighted by Gasteiger charge is -2.46. The molecule has 5 atom stereocenters. The number of rotatable bonds is 11. The molecule has 6 N–H and O–H groups in total. The SMILES string of the molecule is CCCC(O)(Cc1c(F)cccc1F)[C@@H](O)[C@@](O)(Cc1c(F)cccc1F)[C@H](O)[C@@H](O)CO. The molecule has 33 heavy (non-hydrogen) atoms. The second-order valence-electron chi connectivity index (χ2n) is 8.20. The van der Waals surface area contributed by atoms with Gasteiger partial charge in [0, 0.05) is 24.0 Å². The van der Waals surface area contributed by atoms with E-state index in [9.17, 15) is 48.2 Å². The largest absolute Gasteiger partial charge is 0.394 e. The normalized spacial score (nSPS) is 18.3. The third-order valence-electron chi connectivity index (χ3n) is 5.80. The van der Waals surface area contributed by atoms with Crippen molar-refractivity contribution in [1.29, 1.82) is 0 Å². The van der Waals surface area contributed by atoms with Gasteiger partial charge < -0.3 is 30.6 Å². The Balaban J connectivity index is 2.61. The van der Waals surface area contributed by atoms with Crippen LogP contribution in [0.5, 0.6) is 0 Å². The van der Waals surface area contributed by atoms with Gasteiger partial charge in [-0.25, -0.2) is 17.6 Å². The molecule has 2 aromatic carbocycles. The lowest BCUT2D eigenvalue weighted by Crippen LogP contribution is -2.66. The third-order valence-corrected chi connectivity index (χ3v) is 5.80. The topological polar surface area (TPSA) is 121 Å². The molecule has 0 bridgehead atoms. The predicted molar refractivity (Wildman–Crippen MR) is 110 cm³/mol. The van der Waals surface area contributed by atoms with Gasteiger partial charge in [-0.15, -0.1) is 0 Å². The minimum atomic E-state index is -3.04. The van der Waals surface area contributed by atoms with Gasteiger partial charge in [0.15, 0.2) is 0 Å².